The summed E-state index contributed by atoms with van der Waals surface area (Å²) in [6, 6.07) is 16.5. The minimum Gasteiger partial charge on any atom is -0.373 e. The Hall–Kier alpha value is -3.56. The van der Waals surface area contributed by atoms with Gasteiger partial charge in [-0.1, -0.05) is 12.1 Å². The Labute approximate surface area is 207 Å². The van der Waals surface area contributed by atoms with Crippen LogP contribution in [0.25, 0.3) is 22.2 Å². The first-order valence-corrected chi connectivity index (χ1v) is 11.8. The third-order valence-corrected chi connectivity index (χ3v) is 6.04. The van der Waals surface area contributed by atoms with Gasteiger partial charge in [0.2, 0.25) is 0 Å². The maximum absolute atomic E-state index is 13.0. The van der Waals surface area contributed by atoms with Crippen LogP contribution in [0.3, 0.4) is 0 Å². The molecule has 4 aromatic rings. The highest BCUT2D eigenvalue weighted by Gasteiger charge is 2.30. The highest BCUT2D eigenvalue weighted by molar-refractivity contribution is 5.93. The Balaban J connectivity index is 1.52. The van der Waals surface area contributed by atoms with Crippen LogP contribution in [-0.4, -0.2) is 45.1 Å². The number of pyridine rings is 1. The number of nitrogens with zero attached hydrogens (tertiary/aromatic N) is 4. The lowest BCUT2D eigenvalue weighted by molar-refractivity contribution is -0.137. The van der Waals surface area contributed by atoms with Crippen LogP contribution in [0.1, 0.15) is 25.2 Å². The van der Waals surface area contributed by atoms with Crippen molar-refractivity contribution in [1.29, 1.82) is 0 Å². The molecular weight excluding hydrogens is 467 g/mol. The molecule has 1 aliphatic rings. The van der Waals surface area contributed by atoms with Crippen molar-refractivity contribution in [2.24, 2.45) is 0 Å². The van der Waals surface area contributed by atoms with Gasteiger partial charge in [-0.25, -0.2) is 9.97 Å². The van der Waals surface area contributed by atoms with Crippen LogP contribution >= 0.6 is 0 Å². The third kappa shape index (κ3) is 5.47. The summed E-state index contributed by atoms with van der Waals surface area (Å²) in [5.41, 5.74) is 2.29. The lowest BCUT2D eigenvalue weighted by Crippen LogP contribution is -2.45. The summed E-state index contributed by atoms with van der Waals surface area (Å²) >= 11 is 0. The quantitative estimate of drug-likeness (QED) is 0.365. The van der Waals surface area contributed by atoms with Crippen LogP contribution in [0, 0.1) is 0 Å². The fraction of sp³-hybridized carbons (Fsp3) is 0.296. The van der Waals surface area contributed by atoms with Crippen molar-refractivity contribution in [2.75, 3.05) is 18.4 Å². The summed E-state index contributed by atoms with van der Waals surface area (Å²) < 4.78 is 44.9. The topological polar surface area (TPSA) is 63.2 Å². The highest BCUT2D eigenvalue weighted by atomic mass is 19.4. The van der Waals surface area contributed by atoms with Gasteiger partial charge in [-0.3, -0.25) is 9.88 Å². The molecule has 0 saturated carbocycles. The van der Waals surface area contributed by atoms with Crippen molar-refractivity contribution in [1.82, 2.24) is 19.9 Å². The zero-order valence-corrected chi connectivity index (χ0v) is 20.0. The zero-order chi connectivity index (χ0) is 25.3. The monoisotopic (exact) mass is 493 g/mol. The number of rotatable bonds is 5. The number of benzene rings is 2. The molecule has 9 heteroatoms. The SMILES string of the molecule is C[C@@H]1CN(Cc2nc(Nc3ccc(C(F)(F)F)cc3)c3ccc(-c4ccccn4)cc3n2)C[C@H](C)O1. The highest BCUT2D eigenvalue weighted by Crippen LogP contribution is 2.32. The first-order chi connectivity index (χ1) is 17.2. The van der Waals surface area contributed by atoms with Crippen LogP contribution in [0.2, 0.25) is 0 Å². The number of anilines is 2. The molecule has 3 heterocycles. The van der Waals surface area contributed by atoms with E-state index in [0.29, 0.717) is 23.9 Å². The number of alkyl halides is 3. The standard InChI is InChI=1S/C27H26F3N5O/c1-17-14-35(15-18(2)36-17)16-25-33-24-13-19(23-5-3-4-12-31-23)6-11-22(24)26(34-25)32-21-9-7-20(8-10-21)27(28,29)30/h3-13,17-18H,14-16H2,1-2H3,(H,32,33,34)/t17-,18+. The van der Waals surface area contributed by atoms with Gasteiger partial charge >= 0.3 is 6.18 Å². The van der Waals surface area contributed by atoms with E-state index < -0.39 is 11.7 Å². The minimum atomic E-state index is -4.39. The smallest absolute Gasteiger partial charge is 0.373 e. The van der Waals surface area contributed by atoms with E-state index >= 15 is 0 Å². The molecule has 0 aliphatic carbocycles. The van der Waals surface area contributed by atoms with Crippen LogP contribution in [0.4, 0.5) is 24.7 Å². The van der Waals surface area contributed by atoms with Crippen molar-refractivity contribution in [2.45, 2.75) is 38.8 Å². The summed E-state index contributed by atoms with van der Waals surface area (Å²) in [4.78, 5) is 16.3. The van der Waals surface area contributed by atoms with E-state index in [2.05, 4.69) is 15.2 Å². The molecule has 2 aromatic heterocycles. The van der Waals surface area contributed by atoms with Crippen molar-refractivity contribution in [3.8, 4) is 11.3 Å². The maximum atomic E-state index is 13.0. The number of halogens is 3. The summed E-state index contributed by atoms with van der Waals surface area (Å²) in [5, 5.41) is 3.97. The predicted molar refractivity (Wildman–Crippen MR) is 133 cm³/mol. The number of aromatic nitrogens is 3. The average molecular weight is 494 g/mol. The van der Waals surface area contributed by atoms with Crippen LogP contribution < -0.4 is 5.32 Å². The molecule has 36 heavy (non-hydrogen) atoms. The number of hydrogen-bond donors (Lipinski definition) is 1. The van der Waals surface area contributed by atoms with Crippen LogP contribution in [0.5, 0.6) is 0 Å². The second-order valence-electron chi connectivity index (χ2n) is 9.09. The first-order valence-electron chi connectivity index (χ1n) is 11.8. The Morgan fingerprint density at radius 1 is 0.972 bits per heavy atom. The first kappa shape index (κ1) is 24.1. The molecule has 2 aromatic carbocycles. The number of nitrogens with one attached hydrogen (secondary N) is 1. The second-order valence-corrected chi connectivity index (χ2v) is 9.09. The molecule has 0 amide bonds. The summed E-state index contributed by atoms with van der Waals surface area (Å²) in [6.07, 6.45) is -2.44. The lowest BCUT2D eigenvalue weighted by Gasteiger charge is -2.34. The van der Waals surface area contributed by atoms with Crippen molar-refractivity contribution >= 4 is 22.4 Å². The molecule has 1 N–H and O–H groups in total. The molecule has 6 nitrogen and oxygen atoms in total. The Kier molecular flexibility index (Phi) is 6.59. The van der Waals surface area contributed by atoms with E-state index in [1.54, 1.807) is 6.20 Å². The largest absolute Gasteiger partial charge is 0.416 e. The Bertz CT molecular complexity index is 1340. The Morgan fingerprint density at radius 3 is 2.39 bits per heavy atom. The van der Waals surface area contributed by atoms with E-state index in [1.165, 1.54) is 12.1 Å². The molecule has 1 saturated heterocycles. The molecular formula is C27H26F3N5O. The lowest BCUT2D eigenvalue weighted by atomic mass is 10.1. The number of morpholine rings is 1. The molecule has 0 bridgehead atoms. The third-order valence-electron chi connectivity index (χ3n) is 6.04. The van der Waals surface area contributed by atoms with Gasteiger partial charge in [-0.15, -0.1) is 0 Å². The fourth-order valence-electron chi connectivity index (χ4n) is 4.53. The van der Waals surface area contributed by atoms with E-state index in [9.17, 15) is 13.2 Å². The average Bonchev–Trinajstić information content (AvgIpc) is 2.83. The summed E-state index contributed by atoms with van der Waals surface area (Å²) in [6.45, 7) is 6.15. The van der Waals surface area contributed by atoms with E-state index in [0.717, 1.165) is 47.4 Å². The van der Waals surface area contributed by atoms with Gasteiger partial charge in [-0.2, -0.15) is 13.2 Å². The predicted octanol–water partition coefficient (Wildman–Crippen LogP) is 6.06. The van der Waals surface area contributed by atoms with Crippen molar-refractivity contribution in [3.05, 3.63) is 78.2 Å². The number of hydrogen-bond acceptors (Lipinski definition) is 6. The zero-order valence-electron chi connectivity index (χ0n) is 20.0. The van der Waals surface area contributed by atoms with Gasteiger partial charge in [-0.05, 0) is 62.4 Å². The van der Waals surface area contributed by atoms with Gasteiger partial charge in [0.05, 0.1) is 35.5 Å². The minimum absolute atomic E-state index is 0.106. The number of fused-ring (bicyclic) bond motifs is 1. The van der Waals surface area contributed by atoms with Gasteiger partial charge in [0.25, 0.3) is 0 Å². The molecule has 1 aliphatic heterocycles. The molecule has 0 unspecified atom stereocenters. The second kappa shape index (κ2) is 9.83. The van der Waals surface area contributed by atoms with Crippen molar-refractivity contribution in [3.63, 3.8) is 0 Å². The molecule has 186 valence electrons. The molecule has 1 fully saturated rings. The summed E-state index contributed by atoms with van der Waals surface area (Å²) in [5.74, 6) is 1.16. The van der Waals surface area contributed by atoms with E-state index in [1.807, 2.05) is 50.2 Å². The number of ether oxygens (including phenoxy) is 1. The van der Waals surface area contributed by atoms with E-state index in [-0.39, 0.29) is 12.2 Å². The molecule has 5 rings (SSSR count). The normalized spacial score (nSPS) is 18.9. The van der Waals surface area contributed by atoms with Gasteiger partial charge in [0.1, 0.15) is 11.6 Å². The van der Waals surface area contributed by atoms with Crippen molar-refractivity contribution < 1.29 is 17.9 Å². The van der Waals surface area contributed by atoms with Crippen LogP contribution in [0.15, 0.2) is 66.9 Å². The van der Waals surface area contributed by atoms with Gasteiger partial charge in [0, 0.05) is 35.9 Å². The molecule has 2 atom stereocenters. The summed E-state index contributed by atoms with van der Waals surface area (Å²) in [7, 11) is 0. The Morgan fingerprint density at radius 2 is 1.72 bits per heavy atom. The van der Waals surface area contributed by atoms with E-state index in [4.69, 9.17) is 14.7 Å². The fourth-order valence-corrected chi connectivity index (χ4v) is 4.53. The van der Waals surface area contributed by atoms with Gasteiger partial charge in [0.15, 0.2) is 0 Å². The molecule has 0 radical (unpaired) electrons. The molecule has 0 spiro atoms. The van der Waals surface area contributed by atoms with Crippen LogP contribution in [-0.2, 0) is 17.5 Å². The van der Waals surface area contributed by atoms with Gasteiger partial charge < -0.3 is 10.1 Å². The maximum Gasteiger partial charge on any atom is 0.416 e.